The van der Waals surface area contributed by atoms with Crippen molar-refractivity contribution in [3.8, 4) is 5.75 Å². The van der Waals surface area contributed by atoms with E-state index in [-0.39, 0.29) is 18.4 Å². The molecule has 1 fully saturated rings. The molecule has 0 unspecified atom stereocenters. The number of aryl methyl sites for hydroxylation is 1. The first kappa shape index (κ1) is 23.7. The minimum absolute atomic E-state index is 0.0827. The van der Waals surface area contributed by atoms with Crippen molar-refractivity contribution in [2.45, 2.75) is 39.3 Å². The summed E-state index contributed by atoms with van der Waals surface area (Å²) in [5.74, 6) is 0.836. The van der Waals surface area contributed by atoms with Gasteiger partial charge in [-0.3, -0.25) is 14.8 Å². The molecule has 0 bridgehead atoms. The molecule has 0 spiro atoms. The highest BCUT2D eigenvalue weighted by atomic mass is 35.5. The summed E-state index contributed by atoms with van der Waals surface area (Å²) >= 11 is 6.47. The van der Waals surface area contributed by atoms with Crippen molar-refractivity contribution in [1.82, 2.24) is 15.3 Å². The number of nitrogens with zero attached hydrogens (tertiary/aromatic N) is 3. The summed E-state index contributed by atoms with van der Waals surface area (Å²) < 4.78 is 6.23. The maximum atomic E-state index is 12.3. The Bertz CT molecular complexity index is 1270. The third kappa shape index (κ3) is 5.04. The highest BCUT2D eigenvalue weighted by Crippen LogP contribution is 2.30. The summed E-state index contributed by atoms with van der Waals surface area (Å²) in [4.78, 5) is 25.6. The van der Waals surface area contributed by atoms with Crippen molar-refractivity contribution < 1.29 is 9.53 Å². The Morgan fingerprint density at radius 2 is 2.18 bits per heavy atom. The number of ether oxygens (including phenoxy) is 1. The number of amides is 1. The van der Waals surface area contributed by atoms with E-state index in [4.69, 9.17) is 27.1 Å². The number of nitrogens with one attached hydrogen (secondary N) is 1. The predicted molar refractivity (Wildman–Crippen MR) is 135 cm³/mol. The number of fused-ring (bicyclic) bond motifs is 1. The highest BCUT2D eigenvalue weighted by molar-refractivity contribution is 6.31. The number of aliphatic imine (C=N–C) groups is 1. The Morgan fingerprint density at radius 3 is 2.88 bits per heavy atom. The van der Waals surface area contributed by atoms with Gasteiger partial charge in [0.2, 0.25) is 5.91 Å². The van der Waals surface area contributed by atoms with Gasteiger partial charge < -0.3 is 15.8 Å². The summed E-state index contributed by atoms with van der Waals surface area (Å²) in [5, 5.41) is 4.41. The zero-order chi connectivity index (χ0) is 24.1. The molecule has 4 rings (SSSR count). The molecule has 1 aliphatic rings. The molecule has 3 N–H and O–H groups in total. The van der Waals surface area contributed by atoms with Crippen molar-refractivity contribution in [1.29, 1.82) is 0 Å². The maximum absolute atomic E-state index is 12.3. The smallest absolute Gasteiger partial charge is 0.223 e. The third-order valence-corrected chi connectivity index (χ3v) is 6.42. The van der Waals surface area contributed by atoms with Gasteiger partial charge in [-0.05, 0) is 49.7 Å². The number of allylic oxidation sites excluding steroid dienone is 1. The average Bonchev–Trinajstić information content (AvgIpc) is 2.79. The number of benzene rings is 1. The second-order valence-corrected chi connectivity index (χ2v) is 8.73. The van der Waals surface area contributed by atoms with Crippen molar-refractivity contribution in [2.24, 2.45) is 16.6 Å². The lowest BCUT2D eigenvalue weighted by Crippen LogP contribution is -2.34. The molecule has 1 saturated carbocycles. The monoisotopic (exact) mass is 477 g/mol. The zero-order valence-electron chi connectivity index (χ0n) is 19.3. The van der Waals surface area contributed by atoms with E-state index < -0.39 is 0 Å². The lowest BCUT2D eigenvalue weighted by Gasteiger charge is -2.24. The van der Waals surface area contributed by atoms with Gasteiger partial charge in [-0.2, -0.15) is 0 Å². The fourth-order valence-electron chi connectivity index (χ4n) is 4.02. The number of rotatable bonds is 8. The van der Waals surface area contributed by atoms with Crippen LogP contribution in [0.1, 0.15) is 41.6 Å². The van der Waals surface area contributed by atoms with Crippen LogP contribution in [0.2, 0.25) is 5.02 Å². The molecule has 2 heterocycles. The van der Waals surface area contributed by atoms with Crippen LogP contribution < -0.4 is 15.8 Å². The quantitative estimate of drug-likeness (QED) is 0.466. The summed E-state index contributed by atoms with van der Waals surface area (Å²) in [6, 6.07) is 7.77. The van der Waals surface area contributed by atoms with Crippen LogP contribution in [0.5, 0.6) is 5.75 Å². The Morgan fingerprint density at radius 1 is 1.35 bits per heavy atom. The van der Waals surface area contributed by atoms with Gasteiger partial charge in [0, 0.05) is 54.1 Å². The lowest BCUT2D eigenvalue weighted by molar-refractivity contribution is -0.127. The molecule has 1 amide bonds. The molecule has 176 valence electrons. The molecular formula is C26H28ClN5O2. The number of pyridine rings is 2. The molecule has 1 aliphatic carbocycles. The average molecular weight is 478 g/mol. The number of carbonyl (C=O) groups excluding carboxylic acids is 1. The van der Waals surface area contributed by atoms with Crippen LogP contribution in [0.3, 0.4) is 0 Å². The van der Waals surface area contributed by atoms with Crippen molar-refractivity contribution in [2.75, 3.05) is 7.05 Å². The minimum Gasteiger partial charge on any atom is -0.487 e. The molecule has 0 radical (unpaired) electrons. The van der Waals surface area contributed by atoms with Crippen LogP contribution in [0.15, 0.2) is 53.9 Å². The van der Waals surface area contributed by atoms with E-state index in [1.807, 2.05) is 31.2 Å². The number of aromatic nitrogens is 2. The van der Waals surface area contributed by atoms with Gasteiger partial charge in [0.15, 0.2) is 0 Å². The van der Waals surface area contributed by atoms with Gasteiger partial charge in [0.1, 0.15) is 17.9 Å². The number of para-hydroxylation sites is 1. The Kier molecular flexibility index (Phi) is 7.43. The summed E-state index contributed by atoms with van der Waals surface area (Å²) in [6.45, 7) is 2.51. The molecule has 0 atom stereocenters. The summed E-state index contributed by atoms with van der Waals surface area (Å²) in [7, 11) is 1.73. The largest absolute Gasteiger partial charge is 0.487 e. The number of hydrogen-bond acceptors (Lipinski definition) is 6. The fourth-order valence-corrected chi connectivity index (χ4v) is 4.25. The molecular weight excluding hydrogens is 450 g/mol. The van der Waals surface area contributed by atoms with Crippen LogP contribution in [0.4, 0.5) is 0 Å². The Balaban J connectivity index is 1.60. The Labute approximate surface area is 204 Å². The molecule has 34 heavy (non-hydrogen) atoms. The number of hydrogen-bond donors (Lipinski definition) is 2. The van der Waals surface area contributed by atoms with E-state index in [1.54, 1.807) is 25.5 Å². The molecule has 8 heteroatoms. The van der Waals surface area contributed by atoms with Crippen molar-refractivity contribution >= 4 is 34.1 Å². The van der Waals surface area contributed by atoms with Gasteiger partial charge >= 0.3 is 0 Å². The van der Waals surface area contributed by atoms with Crippen LogP contribution in [-0.2, 0) is 17.9 Å². The predicted octanol–water partition coefficient (Wildman–Crippen LogP) is 4.48. The van der Waals surface area contributed by atoms with Gasteiger partial charge in [-0.1, -0.05) is 30.2 Å². The molecule has 1 aromatic carbocycles. The van der Waals surface area contributed by atoms with Crippen LogP contribution in [0, 0.1) is 12.8 Å². The molecule has 0 saturated heterocycles. The van der Waals surface area contributed by atoms with E-state index >= 15 is 0 Å². The molecule has 7 nitrogen and oxygen atoms in total. The van der Waals surface area contributed by atoms with E-state index in [2.05, 4.69) is 15.3 Å². The number of carbonyl (C=O) groups is 1. The minimum atomic E-state index is 0.0827. The van der Waals surface area contributed by atoms with Crippen molar-refractivity contribution in [3.63, 3.8) is 0 Å². The standard InChI is InChI=1S/C26H28ClN5O2/c1-16-11-20(23(29-2)9-10-28)19-7-4-8-24(25(19)32-16)34-15-21-18(12-30-14-22(21)27)13-31-26(33)17-5-3-6-17/h4,7-12,14,17H,3,5-6,13,15,28H2,1-2H3,(H,31,33)/b10-9-,29-23?. The van der Waals surface area contributed by atoms with E-state index in [0.717, 1.165) is 58.3 Å². The molecule has 2 aromatic heterocycles. The van der Waals surface area contributed by atoms with Gasteiger partial charge in [-0.15, -0.1) is 0 Å². The lowest BCUT2D eigenvalue weighted by atomic mass is 9.85. The maximum Gasteiger partial charge on any atom is 0.223 e. The third-order valence-electron chi connectivity index (χ3n) is 6.10. The Hall–Kier alpha value is -3.45. The topological polar surface area (TPSA) is 102 Å². The normalized spacial score (nSPS) is 14.4. The summed E-state index contributed by atoms with van der Waals surface area (Å²) in [6.07, 6.45) is 9.57. The van der Waals surface area contributed by atoms with Crippen LogP contribution in [0.25, 0.3) is 10.9 Å². The van der Waals surface area contributed by atoms with Gasteiger partial charge in [-0.25, -0.2) is 4.98 Å². The first-order valence-corrected chi connectivity index (χ1v) is 11.7. The zero-order valence-corrected chi connectivity index (χ0v) is 20.1. The SMILES string of the molecule is CN=C(/C=C\N)c1cc(C)nc2c(OCc3c(Cl)cncc3CNC(=O)C3CCC3)cccc12. The molecule has 3 aromatic rings. The van der Waals surface area contributed by atoms with Crippen LogP contribution >= 0.6 is 11.6 Å². The van der Waals surface area contributed by atoms with Crippen LogP contribution in [-0.4, -0.2) is 28.6 Å². The number of nitrogens with two attached hydrogens (primary N) is 1. The van der Waals surface area contributed by atoms with Crippen molar-refractivity contribution in [3.05, 3.63) is 76.3 Å². The first-order chi connectivity index (χ1) is 16.5. The first-order valence-electron chi connectivity index (χ1n) is 11.3. The summed E-state index contributed by atoms with van der Waals surface area (Å²) in [5.41, 5.74) is 10.5. The second-order valence-electron chi connectivity index (χ2n) is 8.32. The van der Waals surface area contributed by atoms with E-state index in [1.165, 1.54) is 6.20 Å². The van der Waals surface area contributed by atoms with Gasteiger partial charge in [0.05, 0.1) is 10.7 Å². The van der Waals surface area contributed by atoms with Gasteiger partial charge in [0.25, 0.3) is 0 Å². The number of halogens is 1. The second kappa shape index (κ2) is 10.7. The fraction of sp³-hybridized carbons (Fsp3) is 0.308. The van der Waals surface area contributed by atoms with E-state index in [0.29, 0.717) is 17.3 Å². The van der Waals surface area contributed by atoms with E-state index in [9.17, 15) is 4.79 Å². The highest BCUT2D eigenvalue weighted by Gasteiger charge is 2.25. The molecule has 0 aliphatic heterocycles.